The van der Waals surface area contributed by atoms with Crippen LogP contribution in [0.2, 0.25) is 0 Å². The lowest BCUT2D eigenvalue weighted by Gasteiger charge is -2.13. The van der Waals surface area contributed by atoms with Crippen LogP contribution < -0.4 is 16.0 Å². The number of halogens is 1. The SMILES string of the molecule is CCc1ccc(Nc2cc(C)ncn2)cc1NC(=O)CCC(=O)Nc1ccc(F)cc1. The van der Waals surface area contributed by atoms with Gasteiger partial charge in [0.05, 0.1) is 0 Å². The number of aryl methyl sites for hydroxylation is 2. The van der Waals surface area contributed by atoms with E-state index in [4.69, 9.17) is 0 Å². The molecule has 0 unspecified atom stereocenters. The largest absolute Gasteiger partial charge is 0.340 e. The maximum absolute atomic E-state index is 12.9. The molecule has 0 bridgehead atoms. The summed E-state index contributed by atoms with van der Waals surface area (Å²) >= 11 is 0. The molecule has 8 heteroatoms. The summed E-state index contributed by atoms with van der Waals surface area (Å²) in [4.78, 5) is 32.7. The Morgan fingerprint density at radius 2 is 1.58 bits per heavy atom. The lowest BCUT2D eigenvalue weighted by molar-refractivity contribution is -0.121. The van der Waals surface area contributed by atoms with Crippen LogP contribution in [0, 0.1) is 12.7 Å². The van der Waals surface area contributed by atoms with Gasteiger partial charge in [-0.15, -0.1) is 0 Å². The van der Waals surface area contributed by atoms with Crippen molar-refractivity contribution in [3.05, 3.63) is 71.9 Å². The van der Waals surface area contributed by atoms with Crippen molar-refractivity contribution < 1.29 is 14.0 Å². The van der Waals surface area contributed by atoms with Crippen LogP contribution in [-0.2, 0) is 16.0 Å². The highest BCUT2D eigenvalue weighted by Crippen LogP contribution is 2.24. The summed E-state index contributed by atoms with van der Waals surface area (Å²) in [6.07, 6.45) is 2.27. The van der Waals surface area contributed by atoms with Gasteiger partial charge in [0.1, 0.15) is 18.0 Å². The van der Waals surface area contributed by atoms with Crippen molar-refractivity contribution >= 4 is 34.7 Å². The quantitative estimate of drug-likeness (QED) is 0.494. The maximum Gasteiger partial charge on any atom is 0.224 e. The number of carbonyl (C=O) groups is 2. The number of hydrogen-bond acceptors (Lipinski definition) is 5. The molecule has 160 valence electrons. The first-order valence-corrected chi connectivity index (χ1v) is 9.97. The average Bonchev–Trinajstić information content (AvgIpc) is 2.74. The second-order valence-corrected chi connectivity index (χ2v) is 7.00. The smallest absolute Gasteiger partial charge is 0.224 e. The van der Waals surface area contributed by atoms with E-state index in [9.17, 15) is 14.0 Å². The lowest BCUT2D eigenvalue weighted by atomic mass is 10.1. The van der Waals surface area contributed by atoms with Gasteiger partial charge < -0.3 is 16.0 Å². The molecule has 1 heterocycles. The molecular weight excluding hydrogens is 397 g/mol. The molecule has 31 heavy (non-hydrogen) atoms. The Kier molecular flexibility index (Phi) is 7.26. The van der Waals surface area contributed by atoms with Gasteiger partial charge in [-0.3, -0.25) is 9.59 Å². The molecule has 0 radical (unpaired) electrons. The molecule has 0 fully saturated rings. The molecule has 3 rings (SSSR count). The van der Waals surface area contributed by atoms with Gasteiger partial charge in [-0.05, 0) is 55.3 Å². The maximum atomic E-state index is 12.9. The van der Waals surface area contributed by atoms with Crippen molar-refractivity contribution in [3.63, 3.8) is 0 Å². The average molecular weight is 421 g/mol. The number of nitrogens with one attached hydrogen (secondary N) is 3. The Morgan fingerprint density at radius 3 is 2.26 bits per heavy atom. The van der Waals surface area contributed by atoms with Gasteiger partial charge in [0.2, 0.25) is 11.8 Å². The summed E-state index contributed by atoms with van der Waals surface area (Å²) < 4.78 is 12.9. The third-order valence-corrected chi connectivity index (χ3v) is 4.55. The Bertz CT molecular complexity index is 1070. The monoisotopic (exact) mass is 421 g/mol. The predicted molar refractivity (Wildman–Crippen MR) is 119 cm³/mol. The van der Waals surface area contributed by atoms with E-state index in [1.807, 2.05) is 38.1 Å². The second-order valence-electron chi connectivity index (χ2n) is 7.00. The minimum atomic E-state index is -0.379. The topological polar surface area (TPSA) is 96.0 Å². The fraction of sp³-hybridized carbons (Fsp3) is 0.217. The minimum absolute atomic E-state index is 0.0167. The number of anilines is 4. The molecule has 0 spiro atoms. The Balaban J connectivity index is 1.59. The van der Waals surface area contributed by atoms with Crippen LogP contribution in [0.4, 0.5) is 27.3 Å². The van der Waals surface area contributed by atoms with Crippen molar-refractivity contribution in [1.82, 2.24) is 9.97 Å². The molecule has 0 saturated heterocycles. The van der Waals surface area contributed by atoms with Crippen molar-refractivity contribution in [1.29, 1.82) is 0 Å². The number of benzene rings is 2. The highest BCUT2D eigenvalue weighted by molar-refractivity contribution is 5.97. The first-order chi connectivity index (χ1) is 14.9. The van der Waals surface area contributed by atoms with E-state index >= 15 is 0 Å². The normalized spacial score (nSPS) is 10.4. The van der Waals surface area contributed by atoms with E-state index in [0.717, 1.165) is 23.4 Å². The Hall–Kier alpha value is -3.81. The number of carbonyl (C=O) groups excluding carboxylic acids is 2. The van der Waals surface area contributed by atoms with Crippen LogP contribution >= 0.6 is 0 Å². The molecule has 0 aliphatic rings. The summed E-state index contributed by atoms with van der Waals surface area (Å²) in [6, 6.07) is 13.0. The summed E-state index contributed by atoms with van der Waals surface area (Å²) in [5, 5.41) is 8.73. The van der Waals surface area contributed by atoms with Crippen LogP contribution in [0.5, 0.6) is 0 Å². The lowest BCUT2D eigenvalue weighted by Crippen LogP contribution is -2.18. The molecule has 0 atom stereocenters. The highest BCUT2D eigenvalue weighted by Gasteiger charge is 2.11. The zero-order valence-electron chi connectivity index (χ0n) is 17.4. The molecule has 7 nitrogen and oxygen atoms in total. The van der Waals surface area contributed by atoms with Crippen LogP contribution in [0.25, 0.3) is 0 Å². The Morgan fingerprint density at radius 1 is 0.903 bits per heavy atom. The first kappa shape index (κ1) is 21.9. The van der Waals surface area contributed by atoms with E-state index in [2.05, 4.69) is 25.9 Å². The number of hydrogen-bond donors (Lipinski definition) is 3. The zero-order valence-corrected chi connectivity index (χ0v) is 17.4. The summed E-state index contributed by atoms with van der Waals surface area (Å²) in [5.74, 6) is -0.298. The first-order valence-electron chi connectivity index (χ1n) is 9.97. The molecular formula is C23H24FN5O2. The van der Waals surface area contributed by atoms with Crippen LogP contribution in [-0.4, -0.2) is 21.8 Å². The molecule has 2 aromatic carbocycles. The second kappa shape index (κ2) is 10.3. The van der Waals surface area contributed by atoms with Gasteiger partial charge in [-0.1, -0.05) is 13.0 Å². The van der Waals surface area contributed by atoms with Crippen molar-refractivity contribution in [3.8, 4) is 0 Å². The fourth-order valence-electron chi connectivity index (χ4n) is 2.95. The van der Waals surface area contributed by atoms with Crippen LogP contribution in [0.1, 0.15) is 31.0 Å². The van der Waals surface area contributed by atoms with Gasteiger partial charge in [-0.25, -0.2) is 14.4 Å². The predicted octanol–water partition coefficient (Wildman–Crippen LogP) is 4.59. The summed E-state index contributed by atoms with van der Waals surface area (Å²) in [6.45, 7) is 3.88. The van der Waals surface area contributed by atoms with Crippen LogP contribution in [0.3, 0.4) is 0 Å². The molecule has 0 aliphatic heterocycles. The van der Waals surface area contributed by atoms with Gasteiger partial charge in [0.25, 0.3) is 0 Å². The third kappa shape index (κ3) is 6.60. The van der Waals surface area contributed by atoms with E-state index < -0.39 is 0 Å². The zero-order chi connectivity index (χ0) is 22.2. The number of rotatable bonds is 8. The number of amides is 2. The molecule has 3 N–H and O–H groups in total. The van der Waals surface area contributed by atoms with Gasteiger partial charge >= 0.3 is 0 Å². The number of nitrogens with zero attached hydrogens (tertiary/aromatic N) is 2. The van der Waals surface area contributed by atoms with E-state index in [-0.39, 0.29) is 30.5 Å². The van der Waals surface area contributed by atoms with Gasteiger partial charge in [0, 0.05) is 41.7 Å². The van der Waals surface area contributed by atoms with Gasteiger partial charge in [0.15, 0.2) is 0 Å². The molecule has 3 aromatic rings. The van der Waals surface area contributed by atoms with Crippen molar-refractivity contribution in [2.24, 2.45) is 0 Å². The molecule has 0 saturated carbocycles. The minimum Gasteiger partial charge on any atom is -0.340 e. The molecule has 1 aromatic heterocycles. The standard InChI is InChI=1S/C23H24FN5O2/c1-3-16-4-7-19(27-21-12-15(2)25-14-26-21)13-20(16)29-23(31)11-10-22(30)28-18-8-5-17(24)6-9-18/h4-9,12-14H,3,10-11H2,1-2H3,(H,28,30)(H,29,31)(H,25,26,27). The van der Waals surface area contributed by atoms with Crippen molar-refractivity contribution in [2.45, 2.75) is 33.1 Å². The molecule has 0 aliphatic carbocycles. The summed E-state index contributed by atoms with van der Waals surface area (Å²) in [5.41, 5.74) is 3.77. The van der Waals surface area contributed by atoms with E-state index in [0.29, 0.717) is 17.2 Å². The number of aromatic nitrogens is 2. The summed E-state index contributed by atoms with van der Waals surface area (Å²) in [7, 11) is 0. The van der Waals surface area contributed by atoms with E-state index in [1.165, 1.54) is 30.6 Å². The fourth-order valence-corrected chi connectivity index (χ4v) is 2.95. The van der Waals surface area contributed by atoms with Crippen LogP contribution in [0.15, 0.2) is 54.9 Å². The Labute approximate surface area is 180 Å². The molecule has 2 amide bonds. The van der Waals surface area contributed by atoms with E-state index in [1.54, 1.807) is 0 Å². The van der Waals surface area contributed by atoms with Crippen molar-refractivity contribution in [2.75, 3.05) is 16.0 Å². The third-order valence-electron chi connectivity index (χ3n) is 4.55. The highest BCUT2D eigenvalue weighted by atomic mass is 19.1. The van der Waals surface area contributed by atoms with Gasteiger partial charge in [-0.2, -0.15) is 0 Å².